The number of halogens is 3. The molecule has 0 aliphatic carbocycles. The van der Waals surface area contributed by atoms with Crippen LogP contribution in [-0.2, 0) is 13.2 Å². The number of methoxy groups -OCH3 is 1. The Morgan fingerprint density at radius 1 is 1.21 bits per heavy atom. The third-order valence-corrected chi connectivity index (χ3v) is 4.14. The Morgan fingerprint density at radius 3 is 2.57 bits per heavy atom. The van der Waals surface area contributed by atoms with E-state index in [0.717, 1.165) is 18.3 Å². The van der Waals surface area contributed by atoms with Crippen molar-refractivity contribution in [2.24, 2.45) is 7.05 Å². The number of aromatic nitrogens is 3. The molecule has 0 fully saturated rings. The molecule has 0 aliphatic rings. The summed E-state index contributed by atoms with van der Waals surface area (Å²) in [6.45, 7) is 0. The summed E-state index contributed by atoms with van der Waals surface area (Å²) in [5.41, 5.74) is -0.338. The number of pyridine rings is 1. The lowest BCUT2D eigenvalue weighted by Crippen LogP contribution is -2.31. The van der Waals surface area contributed by atoms with Crippen molar-refractivity contribution in [2.75, 3.05) is 7.11 Å². The lowest BCUT2D eigenvalue weighted by Gasteiger charge is -2.20. The monoisotopic (exact) mass is 390 g/mol. The summed E-state index contributed by atoms with van der Waals surface area (Å²) in [6, 6.07) is 8.32. The number of rotatable bonds is 5. The number of nitrogens with zero attached hydrogens (tertiary/aromatic N) is 3. The highest BCUT2D eigenvalue weighted by Gasteiger charge is 2.32. The Bertz CT molecular complexity index is 968. The van der Waals surface area contributed by atoms with E-state index in [1.165, 1.54) is 7.11 Å². The van der Waals surface area contributed by atoms with Crippen molar-refractivity contribution in [3.05, 3.63) is 77.6 Å². The number of carbonyl (C=O) groups excluding carboxylic acids is 1. The summed E-state index contributed by atoms with van der Waals surface area (Å²) < 4.78 is 45.0. The van der Waals surface area contributed by atoms with Gasteiger partial charge in [-0.05, 0) is 29.8 Å². The number of hydrogen-bond acceptors (Lipinski definition) is 4. The highest BCUT2D eigenvalue weighted by molar-refractivity contribution is 5.94. The first-order valence-electron chi connectivity index (χ1n) is 8.25. The zero-order valence-corrected chi connectivity index (χ0v) is 15.1. The van der Waals surface area contributed by atoms with Gasteiger partial charge in [-0.1, -0.05) is 12.1 Å². The lowest BCUT2D eigenvalue weighted by atomic mass is 10.0. The molecule has 1 aromatic carbocycles. The highest BCUT2D eigenvalue weighted by Crippen LogP contribution is 2.28. The van der Waals surface area contributed by atoms with Gasteiger partial charge >= 0.3 is 6.18 Å². The lowest BCUT2D eigenvalue weighted by molar-refractivity contribution is -0.141. The van der Waals surface area contributed by atoms with Gasteiger partial charge in [0.15, 0.2) is 0 Å². The normalized spacial score (nSPS) is 12.5. The average molecular weight is 390 g/mol. The van der Waals surface area contributed by atoms with E-state index < -0.39 is 23.8 Å². The fourth-order valence-corrected chi connectivity index (χ4v) is 2.68. The van der Waals surface area contributed by atoms with Crippen molar-refractivity contribution < 1.29 is 22.7 Å². The molecule has 1 unspecified atom stereocenters. The van der Waals surface area contributed by atoms with Gasteiger partial charge in [-0.15, -0.1) is 0 Å². The van der Waals surface area contributed by atoms with Crippen LogP contribution in [0.5, 0.6) is 5.75 Å². The van der Waals surface area contributed by atoms with Gasteiger partial charge in [-0.3, -0.25) is 9.78 Å². The average Bonchev–Trinajstić information content (AvgIpc) is 3.11. The topological polar surface area (TPSA) is 69.0 Å². The number of aryl methyl sites for hydroxylation is 1. The second-order valence-corrected chi connectivity index (χ2v) is 6.01. The first-order valence-corrected chi connectivity index (χ1v) is 8.25. The van der Waals surface area contributed by atoms with E-state index in [1.807, 2.05) is 0 Å². The molecule has 1 atom stereocenters. The van der Waals surface area contributed by atoms with Gasteiger partial charge in [0, 0.05) is 25.6 Å². The number of alkyl halides is 3. The molecule has 0 bridgehead atoms. The van der Waals surface area contributed by atoms with Crippen molar-refractivity contribution in [3.8, 4) is 5.75 Å². The van der Waals surface area contributed by atoms with E-state index in [2.05, 4.69) is 15.3 Å². The molecule has 9 heteroatoms. The quantitative estimate of drug-likeness (QED) is 0.725. The molecule has 3 aromatic rings. The van der Waals surface area contributed by atoms with E-state index in [0.29, 0.717) is 17.1 Å². The highest BCUT2D eigenvalue weighted by atomic mass is 19.4. The van der Waals surface area contributed by atoms with Gasteiger partial charge in [0.25, 0.3) is 5.91 Å². The number of benzene rings is 1. The SMILES string of the molecule is COc1cccc(C(NC(=O)c2ccc(C(F)(F)F)nc2)c2nccn2C)c1. The Balaban J connectivity index is 1.91. The molecular formula is C19H17F3N4O2. The fraction of sp³-hybridized carbons (Fsp3) is 0.211. The minimum atomic E-state index is -4.56. The van der Waals surface area contributed by atoms with Crippen molar-refractivity contribution >= 4 is 5.91 Å². The maximum Gasteiger partial charge on any atom is 0.433 e. The largest absolute Gasteiger partial charge is 0.497 e. The Morgan fingerprint density at radius 2 is 2.00 bits per heavy atom. The van der Waals surface area contributed by atoms with E-state index >= 15 is 0 Å². The van der Waals surface area contributed by atoms with Crippen LogP contribution in [0.3, 0.4) is 0 Å². The van der Waals surface area contributed by atoms with Gasteiger partial charge in [-0.2, -0.15) is 13.2 Å². The maximum absolute atomic E-state index is 12.7. The first-order chi connectivity index (χ1) is 13.3. The molecule has 1 N–H and O–H groups in total. The number of hydrogen-bond donors (Lipinski definition) is 1. The van der Waals surface area contributed by atoms with Crippen LogP contribution in [0.25, 0.3) is 0 Å². The summed E-state index contributed by atoms with van der Waals surface area (Å²) in [6.07, 6.45) is -0.340. The van der Waals surface area contributed by atoms with Crippen LogP contribution in [0.2, 0.25) is 0 Å². The number of ether oxygens (including phenoxy) is 1. The van der Waals surface area contributed by atoms with Crippen molar-refractivity contribution in [2.45, 2.75) is 12.2 Å². The standard InChI is InChI=1S/C19H17F3N4O2/c1-26-9-8-23-17(26)16(12-4-3-5-14(10-12)28-2)25-18(27)13-6-7-15(24-11-13)19(20,21)22/h3-11,16H,1-2H3,(H,25,27). The number of amides is 1. The molecule has 3 rings (SSSR count). The number of imidazole rings is 1. The Kier molecular flexibility index (Phi) is 5.34. The molecule has 0 saturated carbocycles. The first kappa shape index (κ1) is 19.4. The fourth-order valence-electron chi connectivity index (χ4n) is 2.68. The minimum Gasteiger partial charge on any atom is -0.497 e. The molecule has 0 saturated heterocycles. The van der Waals surface area contributed by atoms with Gasteiger partial charge in [0.1, 0.15) is 23.3 Å². The maximum atomic E-state index is 12.7. The molecular weight excluding hydrogens is 373 g/mol. The molecule has 2 heterocycles. The Hall–Kier alpha value is -3.36. The predicted octanol–water partition coefficient (Wildman–Crippen LogP) is 3.36. The minimum absolute atomic E-state index is 0.00936. The van der Waals surface area contributed by atoms with Crippen LogP contribution < -0.4 is 10.1 Å². The molecule has 0 aliphatic heterocycles. The Labute approximate surface area is 159 Å². The second kappa shape index (κ2) is 7.71. The van der Waals surface area contributed by atoms with Gasteiger partial charge in [0.2, 0.25) is 0 Å². The molecule has 0 radical (unpaired) electrons. The van der Waals surface area contributed by atoms with Crippen LogP contribution in [0.4, 0.5) is 13.2 Å². The summed E-state index contributed by atoms with van der Waals surface area (Å²) in [5, 5.41) is 2.80. The third-order valence-electron chi connectivity index (χ3n) is 4.14. The van der Waals surface area contributed by atoms with E-state index in [1.54, 1.807) is 48.3 Å². The zero-order valence-electron chi connectivity index (χ0n) is 15.1. The summed E-state index contributed by atoms with van der Waals surface area (Å²) in [5.74, 6) is 0.584. The molecule has 2 aromatic heterocycles. The van der Waals surface area contributed by atoms with Crippen molar-refractivity contribution in [3.63, 3.8) is 0 Å². The van der Waals surface area contributed by atoms with Crippen LogP contribution >= 0.6 is 0 Å². The number of nitrogens with one attached hydrogen (secondary N) is 1. The smallest absolute Gasteiger partial charge is 0.433 e. The van der Waals surface area contributed by atoms with E-state index in [9.17, 15) is 18.0 Å². The van der Waals surface area contributed by atoms with E-state index in [4.69, 9.17) is 4.74 Å². The molecule has 6 nitrogen and oxygen atoms in total. The van der Waals surface area contributed by atoms with Crippen molar-refractivity contribution in [1.29, 1.82) is 0 Å². The second-order valence-electron chi connectivity index (χ2n) is 6.01. The van der Waals surface area contributed by atoms with E-state index in [-0.39, 0.29) is 5.56 Å². The van der Waals surface area contributed by atoms with Gasteiger partial charge in [-0.25, -0.2) is 4.98 Å². The van der Waals surface area contributed by atoms with Crippen LogP contribution in [-0.4, -0.2) is 27.6 Å². The zero-order chi connectivity index (χ0) is 20.3. The predicted molar refractivity (Wildman–Crippen MR) is 94.8 cm³/mol. The summed E-state index contributed by atoms with van der Waals surface area (Å²) in [4.78, 5) is 20.3. The molecule has 146 valence electrons. The van der Waals surface area contributed by atoms with Gasteiger partial charge in [0.05, 0.1) is 12.7 Å². The van der Waals surface area contributed by atoms with Crippen molar-refractivity contribution in [1.82, 2.24) is 19.9 Å². The molecule has 28 heavy (non-hydrogen) atoms. The third kappa shape index (κ3) is 4.13. The molecule has 1 amide bonds. The number of carbonyl (C=O) groups is 1. The van der Waals surface area contributed by atoms with Crippen LogP contribution in [0.15, 0.2) is 55.0 Å². The summed E-state index contributed by atoms with van der Waals surface area (Å²) in [7, 11) is 3.31. The van der Waals surface area contributed by atoms with Crippen LogP contribution in [0, 0.1) is 0 Å². The summed E-state index contributed by atoms with van der Waals surface area (Å²) >= 11 is 0. The van der Waals surface area contributed by atoms with Crippen LogP contribution in [0.1, 0.15) is 33.5 Å². The molecule has 0 spiro atoms. The van der Waals surface area contributed by atoms with Gasteiger partial charge < -0.3 is 14.6 Å².